The van der Waals surface area contributed by atoms with Gasteiger partial charge in [0.1, 0.15) is 0 Å². The largest absolute Gasteiger partial charge is 0.311 e. The summed E-state index contributed by atoms with van der Waals surface area (Å²) < 4.78 is 2.46. The SMILES string of the molecule is CC(C)(C)c1ccc(N(c2ccc(C(C)(C)C)cc2)c2ccc3c(c2)C(C)(C)c2cccc4c2B3c2cc3c5ccccc5n(-c5ccccc5)c3cc2N4c2ccc(C(C)(C)C)cc2)cc1. The number of aromatic nitrogens is 1. The zero-order valence-corrected chi connectivity index (χ0v) is 41.2. The van der Waals surface area contributed by atoms with Crippen molar-refractivity contribution in [2.45, 2.75) is 97.8 Å². The zero-order valence-electron chi connectivity index (χ0n) is 41.2. The Bertz CT molecular complexity index is 3300. The Morgan fingerprint density at radius 2 is 0.970 bits per heavy atom. The number of rotatable bonds is 5. The van der Waals surface area contributed by atoms with E-state index >= 15 is 0 Å². The molecule has 0 saturated heterocycles. The number of hydrogen-bond donors (Lipinski definition) is 0. The van der Waals surface area contributed by atoms with Crippen LogP contribution in [0, 0.1) is 0 Å². The van der Waals surface area contributed by atoms with Crippen LogP contribution in [0.2, 0.25) is 0 Å². The van der Waals surface area contributed by atoms with Crippen molar-refractivity contribution in [3.63, 3.8) is 0 Å². The van der Waals surface area contributed by atoms with Crippen LogP contribution >= 0.6 is 0 Å². The van der Waals surface area contributed by atoms with Gasteiger partial charge < -0.3 is 14.4 Å². The molecule has 0 radical (unpaired) electrons. The Balaban J connectivity index is 1.16. The molecule has 0 unspecified atom stereocenters. The van der Waals surface area contributed by atoms with Crippen LogP contribution in [-0.2, 0) is 21.7 Å². The third kappa shape index (κ3) is 6.94. The van der Waals surface area contributed by atoms with Gasteiger partial charge in [0.25, 0.3) is 0 Å². The highest BCUT2D eigenvalue weighted by Gasteiger charge is 2.46. The summed E-state index contributed by atoms with van der Waals surface area (Å²) in [5.74, 6) is 0. The highest BCUT2D eigenvalue weighted by molar-refractivity contribution is 6.99. The lowest BCUT2D eigenvalue weighted by Crippen LogP contribution is -2.64. The Morgan fingerprint density at radius 1 is 0.418 bits per heavy atom. The molecular weight excluding hydrogens is 810 g/mol. The van der Waals surface area contributed by atoms with E-state index in [0.29, 0.717) is 0 Å². The maximum Gasteiger partial charge on any atom is 0.247 e. The van der Waals surface area contributed by atoms with E-state index < -0.39 is 0 Å². The minimum atomic E-state index is -0.294. The van der Waals surface area contributed by atoms with Gasteiger partial charge in [-0.25, -0.2) is 0 Å². The Morgan fingerprint density at radius 3 is 1.57 bits per heavy atom. The van der Waals surface area contributed by atoms with Gasteiger partial charge in [-0.05, 0) is 134 Å². The van der Waals surface area contributed by atoms with Gasteiger partial charge in [0.2, 0.25) is 6.71 Å². The van der Waals surface area contributed by atoms with Gasteiger partial charge in [0.15, 0.2) is 0 Å². The first-order valence-corrected chi connectivity index (χ1v) is 24.2. The summed E-state index contributed by atoms with van der Waals surface area (Å²) in [7, 11) is 0. The number of nitrogens with zero attached hydrogens (tertiary/aromatic N) is 3. The second-order valence-corrected chi connectivity index (χ2v) is 22.7. The Kier molecular flexibility index (Phi) is 9.67. The van der Waals surface area contributed by atoms with Gasteiger partial charge in [-0.1, -0.05) is 179 Å². The summed E-state index contributed by atoms with van der Waals surface area (Å²) in [5.41, 5.74) is 21.4. The summed E-state index contributed by atoms with van der Waals surface area (Å²) in [4.78, 5) is 5.02. The molecule has 11 rings (SSSR count). The third-order valence-corrected chi connectivity index (χ3v) is 14.9. The monoisotopic (exact) mass is 872 g/mol. The fourth-order valence-corrected chi connectivity index (χ4v) is 11.2. The maximum atomic E-state index is 2.56. The van der Waals surface area contributed by atoms with Gasteiger partial charge >= 0.3 is 0 Å². The Hall–Kier alpha value is -6.78. The van der Waals surface area contributed by atoms with Crippen molar-refractivity contribution < 1.29 is 0 Å². The molecule has 9 aromatic rings. The predicted octanol–water partition coefficient (Wildman–Crippen LogP) is 15.1. The Labute approximate surface area is 398 Å². The van der Waals surface area contributed by atoms with Crippen LogP contribution in [0.4, 0.5) is 34.1 Å². The molecule has 67 heavy (non-hydrogen) atoms. The fourth-order valence-electron chi connectivity index (χ4n) is 11.2. The molecule has 0 fully saturated rings. The number of anilines is 6. The van der Waals surface area contributed by atoms with Crippen molar-refractivity contribution in [2.75, 3.05) is 9.80 Å². The molecule has 2 aliphatic rings. The van der Waals surface area contributed by atoms with Crippen LogP contribution in [0.5, 0.6) is 0 Å². The summed E-state index contributed by atoms with van der Waals surface area (Å²) in [6.45, 7) is 25.5. The van der Waals surface area contributed by atoms with Crippen LogP contribution in [0.1, 0.15) is 104 Å². The first-order chi connectivity index (χ1) is 31.9. The molecule has 3 nitrogen and oxygen atoms in total. The standard InChI is InChI=1S/C63H62BN3/c1-60(2,3)41-24-30-45(31-25-41)65(46-32-26-42(27-33-46)61(4,5)6)48-36-37-53-52(38-48)63(10,11)51-21-17-23-56-59(51)64(53)54-39-50-49-20-15-16-22-55(49)66(44-18-13-12-14-19-44)57(50)40-58(54)67(56)47-34-28-43(29-35-47)62(7,8)9/h12-40H,1-11H3. The topological polar surface area (TPSA) is 11.4 Å². The first kappa shape index (κ1) is 42.8. The number of benzene rings is 8. The van der Waals surface area contributed by atoms with Crippen molar-refractivity contribution in [2.24, 2.45) is 0 Å². The summed E-state index contributed by atoms with van der Waals surface area (Å²) in [5, 5.41) is 2.54. The van der Waals surface area contributed by atoms with Crippen molar-refractivity contribution in [1.82, 2.24) is 4.57 Å². The second kappa shape index (κ2) is 15.1. The molecule has 8 aromatic carbocycles. The molecule has 0 spiro atoms. The highest BCUT2D eigenvalue weighted by Crippen LogP contribution is 2.46. The van der Waals surface area contributed by atoms with Crippen molar-refractivity contribution in [3.8, 4) is 5.69 Å². The van der Waals surface area contributed by atoms with Crippen LogP contribution < -0.4 is 26.2 Å². The number of fused-ring (bicyclic) bond motifs is 7. The molecule has 3 heterocycles. The molecule has 1 aromatic heterocycles. The molecule has 0 N–H and O–H groups in total. The summed E-state index contributed by atoms with van der Waals surface area (Å²) in [6.07, 6.45) is 0. The quantitative estimate of drug-likeness (QED) is 0.160. The van der Waals surface area contributed by atoms with E-state index in [1.807, 2.05) is 0 Å². The van der Waals surface area contributed by atoms with E-state index in [1.165, 1.54) is 83.1 Å². The van der Waals surface area contributed by atoms with Crippen molar-refractivity contribution in [3.05, 3.63) is 204 Å². The van der Waals surface area contributed by atoms with Gasteiger partial charge in [-0.2, -0.15) is 0 Å². The molecule has 0 aliphatic carbocycles. The molecule has 2 aliphatic heterocycles. The highest BCUT2D eigenvalue weighted by atomic mass is 15.2. The van der Waals surface area contributed by atoms with E-state index in [2.05, 4.69) is 266 Å². The zero-order chi connectivity index (χ0) is 46.8. The van der Waals surface area contributed by atoms with Crippen LogP contribution in [-0.4, -0.2) is 11.3 Å². The molecule has 0 amide bonds. The normalized spacial score (nSPS) is 14.3. The molecule has 4 heteroatoms. The van der Waals surface area contributed by atoms with E-state index in [9.17, 15) is 0 Å². The van der Waals surface area contributed by atoms with Gasteiger partial charge in [-0.15, -0.1) is 0 Å². The minimum absolute atomic E-state index is 0.0252. The lowest BCUT2D eigenvalue weighted by Gasteiger charge is -2.45. The van der Waals surface area contributed by atoms with E-state index in [1.54, 1.807) is 0 Å². The summed E-state index contributed by atoms with van der Waals surface area (Å²) >= 11 is 0. The lowest BCUT2D eigenvalue weighted by atomic mass is 9.30. The number of hydrogen-bond acceptors (Lipinski definition) is 2. The van der Waals surface area contributed by atoms with E-state index in [0.717, 1.165) is 22.7 Å². The van der Waals surface area contributed by atoms with E-state index in [-0.39, 0.29) is 28.4 Å². The molecule has 0 saturated carbocycles. The molecule has 332 valence electrons. The van der Waals surface area contributed by atoms with Gasteiger partial charge in [0, 0.05) is 56.0 Å². The maximum absolute atomic E-state index is 2.56. The molecular formula is C63H62BN3. The minimum Gasteiger partial charge on any atom is -0.311 e. The third-order valence-electron chi connectivity index (χ3n) is 14.9. The van der Waals surface area contributed by atoms with Gasteiger partial charge in [-0.3, -0.25) is 0 Å². The van der Waals surface area contributed by atoms with Crippen LogP contribution in [0.15, 0.2) is 176 Å². The number of para-hydroxylation sites is 2. The lowest BCUT2D eigenvalue weighted by molar-refractivity contribution is 0.590. The average Bonchev–Trinajstić information content (AvgIpc) is 3.62. The van der Waals surface area contributed by atoms with Crippen molar-refractivity contribution >= 4 is 79.0 Å². The smallest absolute Gasteiger partial charge is 0.247 e. The molecule has 0 bridgehead atoms. The average molecular weight is 872 g/mol. The second-order valence-electron chi connectivity index (χ2n) is 22.7. The molecule has 0 atom stereocenters. The van der Waals surface area contributed by atoms with Crippen molar-refractivity contribution in [1.29, 1.82) is 0 Å². The van der Waals surface area contributed by atoms with Gasteiger partial charge in [0.05, 0.1) is 11.0 Å². The van der Waals surface area contributed by atoms with Crippen LogP contribution in [0.3, 0.4) is 0 Å². The fraction of sp³-hybridized carbons (Fsp3) is 0.238. The summed E-state index contributed by atoms with van der Waals surface area (Å²) in [6, 6.07) is 67.0. The first-order valence-electron chi connectivity index (χ1n) is 24.2. The van der Waals surface area contributed by atoms with Crippen LogP contribution in [0.25, 0.3) is 27.5 Å². The predicted molar refractivity (Wildman–Crippen MR) is 289 cm³/mol. The van der Waals surface area contributed by atoms with E-state index in [4.69, 9.17) is 0 Å².